The molecule has 33 heavy (non-hydrogen) atoms. The van der Waals surface area contributed by atoms with Crippen LogP contribution in [0.2, 0.25) is 0 Å². The summed E-state index contributed by atoms with van der Waals surface area (Å²) in [6, 6.07) is 5.41. The van der Waals surface area contributed by atoms with E-state index in [2.05, 4.69) is 20.2 Å². The Balaban J connectivity index is 1.74. The number of carbonyl (C=O) groups is 1. The minimum atomic E-state index is -1.66. The fourth-order valence-electron chi connectivity index (χ4n) is 3.40. The molecule has 2 aromatic heterocycles. The van der Waals surface area contributed by atoms with Gasteiger partial charge >= 0.3 is 0 Å². The monoisotopic (exact) mass is 460 g/mol. The molecule has 12 heteroatoms. The number of halogens is 4. The Kier molecular flexibility index (Phi) is 6.27. The summed E-state index contributed by atoms with van der Waals surface area (Å²) in [4.78, 5) is 20.4. The molecule has 0 aliphatic rings. The second-order valence-electron chi connectivity index (χ2n) is 7.14. The SMILES string of the molecule is O=C(COC(Cn1cncn1)(Cn1cncn1)c1ccc(F)cc1F)c1ccc(F)cc1F. The van der Waals surface area contributed by atoms with Crippen molar-refractivity contribution in [3.05, 3.63) is 96.1 Å². The molecule has 0 N–H and O–H groups in total. The van der Waals surface area contributed by atoms with Gasteiger partial charge in [-0.1, -0.05) is 6.07 Å². The Bertz CT molecular complexity index is 1210. The average molecular weight is 460 g/mol. The number of rotatable bonds is 9. The van der Waals surface area contributed by atoms with Crippen LogP contribution in [-0.4, -0.2) is 41.9 Å². The number of aromatic nitrogens is 6. The first kappa shape index (κ1) is 22.3. The highest BCUT2D eigenvalue weighted by molar-refractivity contribution is 5.97. The largest absolute Gasteiger partial charge is 0.358 e. The summed E-state index contributed by atoms with van der Waals surface area (Å²) in [5.41, 5.74) is -2.15. The van der Waals surface area contributed by atoms with Gasteiger partial charge < -0.3 is 4.74 Å². The maximum Gasteiger partial charge on any atom is 0.191 e. The lowest BCUT2D eigenvalue weighted by atomic mass is 9.92. The van der Waals surface area contributed by atoms with Gasteiger partial charge in [-0.05, 0) is 18.2 Å². The molecular weight excluding hydrogens is 444 g/mol. The molecule has 0 fully saturated rings. The van der Waals surface area contributed by atoms with Crippen LogP contribution >= 0.6 is 0 Å². The fourth-order valence-corrected chi connectivity index (χ4v) is 3.40. The van der Waals surface area contributed by atoms with Gasteiger partial charge in [0.1, 0.15) is 60.8 Å². The van der Waals surface area contributed by atoms with Crippen LogP contribution in [0.4, 0.5) is 17.6 Å². The number of Topliss-reactive ketones (excluding diaryl/α,β-unsaturated/α-hetero) is 1. The molecule has 0 aliphatic heterocycles. The van der Waals surface area contributed by atoms with E-state index >= 15 is 0 Å². The van der Waals surface area contributed by atoms with Crippen LogP contribution < -0.4 is 0 Å². The highest BCUT2D eigenvalue weighted by Gasteiger charge is 2.39. The van der Waals surface area contributed by atoms with Crippen LogP contribution in [0.25, 0.3) is 0 Å². The van der Waals surface area contributed by atoms with Crippen LogP contribution in [0.3, 0.4) is 0 Å². The zero-order valence-electron chi connectivity index (χ0n) is 16.9. The normalized spacial score (nSPS) is 11.6. The molecule has 0 radical (unpaired) electrons. The van der Waals surface area contributed by atoms with E-state index in [1.165, 1.54) is 40.7 Å². The van der Waals surface area contributed by atoms with E-state index in [0.717, 1.165) is 18.2 Å². The summed E-state index contributed by atoms with van der Waals surface area (Å²) < 4.78 is 64.5. The van der Waals surface area contributed by atoms with Crippen molar-refractivity contribution in [3.63, 3.8) is 0 Å². The van der Waals surface area contributed by atoms with Gasteiger partial charge in [0.05, 0.1) is 18.7 Å². The molecule has 2 heterocycles. The molecule has 2 aromatic carbocycles. The van der Waals surface area contributed by atoms with E-state index in [4.69, 9.17) is 4.74 Å². The van der Waals surface area contributed by atoms with Gasteiger partial charge in [-0.2, -0.15) is 10.2 Å². The smallest absolute Gasteiger partial charge is 0.191 e. The first-order valence-electron chi connectivity index (χ1n) is 9.59. The molecule has 8 nitrogen and oxygen atoms in total. The van der Waals surface area contributed by atoms with E-state index in [1.54, 1.807) is 0 Å². The Hall–Kier alpha value is -3.93. The maximum absolute atomic E-state index is 15.0. The molecule has 4 rings (SSSR count). The van der Waals surface area contributed by atoms with Crippen molar-refractivity contribution < 1.29 is 27.1 Å². The topological polar surface area (TPSA) is 87.7 Å². The van der Waals surface area contributed by atoms with E-state index in [9.17, 15) is 22.4 Å². The second-order valence-corrected chi connectivity index (χ2v) is 7.14. The van der Waals surface area contributed by atoms with E-state index in [0.29, 0.717) is 12.1 Å². The minimum absolute atomic E-state index is 0.0951. The van der Waals surface area contributed by atoms with Gasteiger partial charge in [0.25, 0.3) is 0 Å². The summed E-state index contributed by atoms with van der Waals surface area (Å²) >= 11 is 0. The maximum atomic E-state index is 15.0. The first-order chi connectivity index (χ1) is 15.9. The molecule has 0 saturated heterocycles. The van der Waals surface area contributed by atoms with Gasteiger partial charge in [0.2, 0.25) is 0 Å². The fraction of sp³-hybridized carbons (Fsp3) is 0.190. The quantitative estimate of drug-likeness (QED) is 0.282. The van der Waals surface area contributed by atoms with Crippen LogP contribution in [-0.2, 0) is 23.4 Å². The number of ether oxygens (including phenoxy) is 1. The predicted octanol–water partition coefficient (Wildman–Crippen LogP) is 2.92. The van der Waals surface area contributed by atoms with Crippen molar-refractivity contribution in [2.45, 2.75) is 18.7 Å². The third-order valence-corrected chi connectivity index (χ3v) is 4.90. The molecule has 0 spiro atoms. The Morgan fingerprint density at radius 1 is 0.848 bits per heavy atom. The van der Waals surface area contributed by atoms with E-state index in [1.807, 2.05) is 0 Å². The van der Waals surface area contributed by atoms with Crippen molar-refractivity contribution in [1.29, 1.82) is 0 Å². The van der Waals surface area contributed by atoms with Crippen LogP contribution in [0.15, 0.2) is 61.7 Å². The Labute approximate surface area is 184 Å². The third-order valence-electron chi connectivity index (χ3n) is 4.90. The number of hydrogen-bond donors (Lipinski definition) is 0. The third kappa shape index (κ3) is 4.95. The Morgan fingerprint density at radius 2 is 1.42 bits per heavy atom. The standard InChI is InChI=1S/C21H16F4N6O2/c22-14-1-3-16(18(24)5-14)20(32)7-33-21(8-30-12-26-10-28-30,9-31-13-27-11-29-31)17-4-2-15(23)6-19(17)25/h1-6,10-13H,7-9H2. The van der Waals surface area contributed by atoms with E-state index in [-0.39, 0.29) is 18.7 Å². The Morgan fingerprint density at radius 3 is 1.94 bits per heavy atom. The molecule has 170 valence electrons. The average Bonchev–Trinajstić information content (AvgIpc) is 3.46. The lowest BCUT2D eigenvalue weighted by Crippen LogP contribution is -2.42. The minimum Gasteiger partial charge on any atom is -0.358 e. The summed E-state index contributed by atoms with van der Waals surface area (Å²) in [7, 11) is 0. The summed E-state index contributed by atoms with van der Waals surface area (Å²) in [6.45, 7) is -1.02. The lowest BCUT2D eigenvalue weighted by molar-refractivity contribution is -0.0721. The van der Waals surface area contributed by atoms with Crippen LogP contribution in [0.1, 0.15) is 15.9 Å². The molecule has 0 bridgehead atoms. The molecular formula is C21H16F4N6O2. The van der Waals surface area contributed by atoms with Gasteiger partial charge in [0.15, 0.2) is 5.78 Å². The molecule has 0 aliphatic carbocycles. The first-order valence-corrected chi connectivity index (χ1v) is 9.59. The van der Waals surface area contributed by atoms with Crippen molar-refractivity contribution in [1.82, 2.24) is 29.5 Å². The molecule has 4 aromatic rings. The second kappa shape index (κ2) is 9.28. The molecule has 0 saturated carbocycles. The van der Waals surface area contributed by atoms with Gasteiger partial charge in [-0.3, -0.25) is 4.79 Å². The number of nitrogens with zero attached hydrogens (tertiary/aromatic N) is 6. The predicted molar refractivity (Wildman–Crippen MR) is 105 cm³/mol. The lowest BCUT2D eigenvalue weighted by Gasteiger charge is -2.34. The highest BCUT2D eigenvalue weighted by atomic mass is 19.1. The number of hydrogen-bond acceptors (Lipinski definition) is 6. The van der Waals surface area contributed by atoms with E-state index < -0.39 is 46.8 Å². The molecule has 0 atom stereocenters. The van der Waals surface area contributed by atoms with Gasteiger partial charge in [-0.25, -0.2) is 36.9 Å². The van der Waals surface area contributed by atoms with Crippen molar-refractivity contribution in [3.8, 4) is 0 Å². The van der Waals surface area contributed by atoms with Crippen LogP contribution in [0.5, 0.6) is 0 Å². The van der Waals surface area contributed by atoms with Crippen molar-refractivity contribution in [2.24, 2.45) is 0 Å². The zero-order chi connectivity index (χ0) is 23.4. The van der Waals surface area contributed by atoms with Crippen LogP contribution in [0, 0.1) is 23.3 Å². The summed E-state index contributed by atoms with van der Waals surface area (Å²) in [5, 5.41) is 8.02. The number of carbonyl (C=O) groups excluding carboxylic acids is 1. The van der Waals surface area contributed by atoms with Crippen molar-refractivity contribution >= 4 is 5.78 Å². The highest BCUT2D eigenvalue weighted by Crippen LogP contribution is 2.33. The summed E-state index contributed by atoms with van der Waals surface area (Å²) in [5.74, 6) is -4.46. The number of benzene rings is 2. The van der Waals surface area contributed by atoms with Gasteiger partial charge in [-0.15, -0.1) is 0 Å². The molecule has 0 unspecified atom stereocenters. The number of ketones is 1. The van der Waals surface area contributed by atoms with Gasteiger partial charge in [0, 0.05) is 17.7 Å². The zero-order valence-corrected chi connectivity index (χ0v) is 16.9. The molecule has 0 amide bonds. The van der Waals surface area contributed by atoms with Crippen molar-refractivity contribution in [2.75, 3.05) is 6.61 Å². The summed E-state index contributed by atoms with van der Waals surface area (Å²) in [6.07, 6.45) is 5.20.